The molecule has 0 heterocycles. The van der Waals surface area contributed by atoms with Gasteiger partial charge in [0, 0.05) is 0 Å². The molecule has 1 radical (unpaired) electrons. The third-order valence-electron chi connectivity index (χ3n) is 0. The lowest BCUT2D eigenvalue weighted by atomic mass is 10.3. The van der Waals surface area contributed by atoms with Crippen molar-refractivity contribution in [3.05, 3.63) is 5.92 Å². The highest BCUT2D eigenvalue weighted by Gasteiger charge is 1.69. The third-order valence-corrected chi connectivity index (χ3v) is 0. The Labute approximate surface area is 38.4 Å². The van der Waals surface area contributed by atoms with Gasteiger partial charge in [0.15, 0.2) is 0 Å². The monoisotopic (exact) mass is 91.1 g/mol. The Hall–Kier alpha value is -0.0800. The highest BCUT2D eigenvalue weighted by Crippen LogP contribution is 1.85. The van der Waals surface area contributed by atoms with E-state index in [-0.39, 0.29) is 0 Å². The summed E-state index contributed by atoms with van der Waals surface area (Å²) >= 11 is 0. The maximum Gasteiger partial charge on any atom is -0.0334 e. The summed E-state index contributed by atoms with van der Waals surface area (Å²) in [5.74, 6) is 1.42. The fourth-order valence-electron chi connectivity index (χ4n) is 0. The van der Waals surface area contributed by atoms with Crippen molar-refractivity contribution < 1.29 is 10.5 Å². The number of hydrogen-bond donors (Lipinski definition) is 2. The molecule has 0 aromatic carbocycles. The fraction of sp³-hybridized carbons (Fsp3) is 0.750. The number of hydrogen-bond acceptors (Lipinski definition) is 2. The highest BCUT2D eigenvalue weighted by atomic mass is 17.0. The lowest BCUT2D eigenvalue weighted by molar-refractivity contribution is -0.176. The summed E-state index contributed by atoms with van der Waals surface area (Å²) in [6.45, 7) is 6.25. The van der Waals surface area contributed by atoms with Crippen molar-refractivity contribution >= 4 is 0 Å². The quantitative estimate of drug-likeness (QED) is 0.351. The van der Waals surface area contributed by atoms with Gasteiger partial charge < -0.3 is 0 Å². The fourth-order valence-corrected chi connectivity index (χ4v) is 0. The van der Waals surface area contributed by atoms with E-state index in [0.29, 0.717) is 0 Å². The molecule has 39 valence electrons. The van der Waals surface area contributed by atoms with Crippen molar-refractivity contribution in [2.24, 2.45) is 0 Å². The van der Waals surface area contributed by atoms with E-state index in [0.717, 1.165) is 0 Å². The maximum absolute atomic E-state index is 6.00. The SMILES string of the molecule is C[C](C)C.OO. The average Bonchev–Trinajstić information content (AvgIpc) is 1.41. The topological polar surface area (TPSA) is 40.5 Å². The summed E-state index contributed by atoms with van der Waals surface area (Å²) in [7, 11) is 0. The molecule has 0 unspecified atom stereocenters. The molecular formula is C4H11O2. The molecule has 2 heteroatoms. The first-order chi connectivity index (χ1) is 2.73. The maximum atomic E-state index is 6.00. The Balaban J connectivity index is 0. The number of rotatable bonds is 0. The van der Waals surface area contributed by atoms with Crippen LogP contribution in [0.15, 0.2) is 0 Å². The van der Waals surface area contributed by atoms with Gasteiger partial charge >= 0.3 is 0 Å². The Morgan fingerprint density at radius 2 is 1.00 bits per heavy atom. The van der Waals surface area contributed by atoms with Crippen molar-refractivity contribution in [1.29, 1.82) is 0 Å². The van der Waals surface area contributed by atoms with E-state index in [1.807, 2.05) is 0 Å². The van der Waals surface area contributed by atoms with E-state index in [2.05, 4.69) is 20.8 Å². The molecule has 0 bridgehead atoms. The molecule has 2 N–H and O–H groups in total. The van der Waals surface area contributed by atoms with Crippen LogP contribution in [0.5, 0.6) is 0 Å². The van der Waals surface area contributed by atoms with Crippen LogP contribution in [0, 0.1) is 5.92 Å². The lowest BCUT2D eigenvalue weighted by Gasteiger charge is -1.78. The first-order valence-corrected chi connectivity index (χ1v) is 1.70. The second-order valence-electron chi connectivity index (χ2n) is 1.50. The summed E-state index contributed by atoms with van der Waals surface area (Å²) in [5.41, 5.74) is 0. The molecule has 0 rings (SSSR count). The van der Waals surface area contributed by atoms with Gasteiger partial charge in [-0.3, -0.25) is 10.5 Å². The first-order valence-electron chi connectivity index (χ1n) is 1.70. The normalized spacial score (nSPS) is 7.00. The van der Waals surface area contributed by atoms with Gasteiger partial charge in [0.1, 0.15) is 0 Å². The van der Waals surface area contributed by atoms with Gasteiger partial charge in [0.05, 0.1) is 0 Å². The summed E-state index contributed by atoms with van der Waals surface area (Å²) in [6, 6.07) is 0. The molecule has 0 aliphatic heterocycles. The van der Waals surface area contributed by atoms with Gasteiger partial charge in [-0.2, -0.15) is 0 Å². The van der Waals surface area contributed by atoms with Gasteiger partial charge in [-0.05, 0) is 5.92 Å². The molecule has 6 heavy (non-hydrogen) atoms. The Morgan fingerprint density at radius 1 is 1.00 bits per heavy atom. The van der Waals surface area contributed by atoms with Crippen molar-refractivity contribution in [2.45, 2.75) is 20.8 Å². The van der Waals surface area contributed by atoms with Crippen LogP contribution < -0.4 is 0 Å². The van der Waals surface area contributed by atoms with Crippen molar-refractivity contribution in [3.8, 4) is 0 Å². The van der Waals surface area contributed by atoms with Gasteiger partial charge in [-0.1, -0.05) is 20.8 Å². The van der Waals surface area contributed by atoms with E-state index in [1.54, 1.807) is 0 Å². The summed E-state index contributed by atoms with van der Waals surface area (Å²) in [5, 5.41) is 12.0. The van der Waals surface area contributed by atoms with Crippen LogP contribution >= 0.6 is 0 Å². The lowest BCUT2D eigenvalue weighted by Crippen LogP contribution is -1.62. The molecule has 0 aromatic rings. The summed E-state index contributed by atoms with van der Waals surface area (Å²) in [4.78, 5) is 0. The van der Waals surface area contributed by atoms with E-state index < -0.39 is 0 Å². The minimum atomic E-state index is 1.42. The van der Waals surface area contributed by atoms with Gasteiger partial charge in [0.2, 0.25) is 0 Å². The van der Waals surface area contributed by atoms with Crippen molar-refractivity contribution in [3.63, 3.8) is 0 Å². The molecule has 0 saturated carbocycles. The molecule has 0 aliphatic carbocycles. The molecule has 0 aliphatic rings. The molecule has 0 aromatic heterocycles. The zero-order valence-electron chi connectivity index (χ0n) is 4.39. The van der Waals surface area contributed by atoms with Crippen LogP contribution in [-0.4, -0.2) is 10.5 Å². The molecule has 0 fully saturated rings. The van der Waals surface area contributed by atoms with Crippen molar-refractivity contribution in [2.75, 3.05) is 0 Å². The third kappa shape index (κ3) is 5220. The van der Waals surface area contributed by atoms with E-state index in [1.165, 1.54) is 5.92 Å². The predicted octanol–water partition coefficient (Wildman–Crippen LogP) is 1.64. The Bertz CT molecular complexity index is 10.3. The zero-order chi connectivity index (χ0) is 5.58. The summed E-state index contributed by atoms with van der Waals surface area (Å²) in [6.07, 6.45) is 0. The molecule has 2 nitrogen and oxygen atoms in total. The molecule has 0 saturated heterocycles. The van der Waals surface area contributed by atoms with Crippen LogP contribution in [0.25, 0.3) is 0 Å². The largest absolute Gasteiger partial charge is 0.255 e. The smallest absolute Gasteiger partial charge is 0.0334 e. The Morgan fingerprint density at radius 3 is 1.00 bits per heavy atom. The second-order valence-corrected chi connectivity index (χ2v) is 1.50. The van der Waals surface area contributed by atoms with Crippen LogP contribution in [0.4, 0.5) is 0 Å². The van der Waals surface area contributed by atoms with Gasteiger partial charge in [-0.25, -0.2) is 0 Å². The van der Waals surface area contributed by atoms with Gasteiger partial charge in [0.25, 0.3) is 0 Å². The zero-order valence-corrected chi connectivity index (χ0v) is 4.39. The minimum Gasteiger partial charge on any atom is -0.255 e. The van der Waals surface area contributed by atoms with E-state index >= 15 is 0 Å². The van der Waals surface area contributed by atoms with Crippen LogP contribution in [0.3, 0.4) is 0 Å². The average molecular weight is 91.1 g/mol. The Kier molecular flexibility index (Phi) is 13.8. The highest BCUT2D eigenvalue weighted by molar-refractivity contribution is 4.64. The molecule has 0 atom stereocenters. The molecule has 0 spiro atoms. The van der Waals surface area contributed by atoms with Crippen molar-refractivity contribution in [1.82, 2.24) is 0 Å². The second kappa shape index (κ2) is 8.87. The van der Waals surface area contributed by atoms with Crippen LogP contribution in [-0.2, 0) is 0 Å². The summed E-state index contributed by atoms with van der Waals surface area (Å²) < 4.78 is 0. The predicted molar refractivity (Wildman–Crippen MR) is 25.5 cm³/mol. The standard InChI is InChI=1S/C4H9.H2O2/c1-4(2)3;1-2/h1-3H3;1-2H. The van der Waals surface area contributed by atoms with E-state index in [9.17, 15) is 0 Å². The molecular weight excluding hydrogens is 80.0 g/mol. The van der Waals surface area contributed by atoms with Crippen LogP contribution in [0.1, 0.15) is 20.8 Å². The minimum absolute atomic E-state index is 1.42. The van der Waals surface area contributed by atoms with Gasteiger partial charge in [-0.15, -0.1) is 0 Å². The molecule has 0 amide bonds. The van der Waals surface area contributed by atoms with Crippen LogP contribution in [0.2, 0.25) is 0 Å². The first kappa shape index (κ1) is 9.33. The van der Waals surface area contributed by atoms with E-state index in [4.69, 9.17) is 10.5 Å².